The molecule has 4 nitrogen and oxygen atoms in total. The maximum absolute atomic E-state index is 8.83. The van der Waals surface area contributed by atoms with Gasteiger partial charge in [-0.2, -0.15) is 10.2 Å². The Morgan fingerprint density at radius 3 is 3.05 bits per heavy atom. The molecular weight excluding hydrogens is 238 g/mol. The first-order valence-electron chi connectivity index (χ1n) is 6.34. The number of hydrogen-bond donors (Lipinski definition) is 0. The molecule has 1 aromatic carbocycles. The van der Waals surface area contributed by atoms with E-state index in [9.17, 15) is 0 Å². The van der Waals surface area contributed by atoms with Gasteiger partial charge in [0.25, 0.3) is 0 Å². The summed E-state index contributed by atoms with van der Waals surface area (Å²) in [6, 6.07) is 12.1. The van der Waals surface area contributed by atoms with Gasteiger partial charge in [0.15, 0.2) is 0 Å². The van der Waals surface area contributed by atoms with Crippen molar-refractivity contribution in [1.82, 2.24) is 9.97 Å². The van der Waals surface area contributed by atoms with Gasteiger partial charge in [-0.25, -0.2) is 4.98 Å². The van der Waals surface area contributed by atoms with Gasteiger partial charge in [0, 0.05) is 6.20 Å². The Hall–Kier alpha value is -2.41. The van der Waals surface area contributed by atoms with Crippen molar-refractivity contribution in [2.75, 3.05) is 0 Å². The third kappa shape index (κ3) is 2.41. The highest BCUT2D eigenvalue weighted by Gasteiger charge is 2.22. The zero-order valence-corrected chi connectivity index (χ0v) is 10.4. The van der Waals surface area contributed by atoms with Crippen molar-refractivity contribution in [1.29, 1.82) is 5.26 Å². The zero-order chi connectivity index (χ0) is 13.1. The molecule has 2 aromatic rings. The quantitative estimate of drug-likeness (QED) is 0.823. The third-order valence-electron chi connectivity index (χ3n) is 3.31. The van der Waals surface area contributed by atoms with Gasteiger partial charge in [0.05, 0.1) is 0 Å². The highest BCUT2D eigenvalue weighted by atomic mass is 16.5. The van der Waals surface area contributed by atoms with Gasteiger partial charge in [-0.05, 0) is 36.5 Å². The number of fused-ring (bicyclic) bond motifs is 1. The van der Waals surface area contributed by atoms with Crippen LogP contribution in [0.1, 0.15) is 35.8 Å². The molecule has 1 aliphatic rings. The minimum atomic E-state index is -0.0149. The Kier molecular flexibility index (Phi) is 3.11. The molecule has 1 aromatic heterocycles. The van der Waals surface area contributed by atoms with Crippen molar-refractivity contribution < 1.29 is 4.74 Å². The van der Waals surface area contributed by atoms with Crippen molar-refractivity contribution >= 4 is 0 Å². The van der Waals surface area contributed by atoms with Crippen LogP contribution in [0.25, 0.3) is 0 Å². The molecule has 1 atom stereocenters. The van der Waals surface area contributed by atoms with E-state index in [1.807, 2.05) is 18.2 Å². The predicted octanol–water partition coefficient (Wildman–Crippen LogP) is 2.80. The lowest BCUT2D eigenvalue weighted by Gasteiger charge is -2.25. The Morgan fingerprint density at radius 1 is 1.26 bits per heavy atom. The van der Waals surface area contributed by atoms with Crippen LogP contribution in [0.2, 0.25) is 0 Å². The second-order valence-corrected chi connectivity index (χ2v) is 4.53. The van der Waals surface area contributed by atoms with E-state index in [-0.39, 0.29) is 12.1 Å². The van der Waals surface area contributed by atoms with Crippen molar-refractivity contribution in [3.8, 4) is 12.1 Å². The molecule has 0 amide bonds. The van der Waals surface area contributed by atoms with Gasteiger partial charge < -0.3 is 4.74 Å². The fourth-order valence-corrected chi connectivity index (χ4v) is 2.42. The number of nitrogens with zero attached hydrogens (tertiary/aromatic N) is 3. The fraction of sp³-hybridized carbons (Fsp3) is 0.267. The molecule has 3 rings (SSSR count). The average Bonchev–Trinajstić information content (AvgIpc) is 2.48. The first kappa shape index (κ1) is 11.7. The average molecular weight is 251 g/mol. The summed E-state index contributed by atoms with van der Waals surface area (Å²) < 4.78 is 5.85. The third-order valence-corrected chi connectivity index (χ3v) is 3.31. The van der Waals surface area contributed by atoms with Crippen LogP contribution < -0.4 is 4.74 Å². The maximum Gasteiger partial charge on any atom is 0.318 e. The van der Waals surface area contributed by atoms with Gasteiger partial charge in [0.2, 0.25) is 0 Å². The minimum Gasteiger partial charge on any atom is -0.455 e. The van der Waals surface area contributed by atoms with Gasteiger partial charge in [0.1, 0.15) is 17.9 Å². The second kappa shape index (κ2) is 5.07. The van der Waals surface area contributed by atoms with Crippen LogP contribution in [0, 0.1) is 11.3 Å². The summed E-state index contributed by atoms with van der Waals surface area (Å²) in [5, 5.41) is 8.83. The Labute approximate surface area is 111 Å². The van der Waals surface area contributed by atoms with Crippen molar-refractivity contribution in [2.45, 2.75) is 25.4 Å². The molecule has 0 bridgehead atoms. The lowest BCUT2D eigenvalue weighted by molar-refractivity contribution is 0.167. The molecule has 94 valence electrons. The number of hydrogen-bond acceptors (Lipinski definition) is 4. The van der Waals surface area contributed by atoms with Gasteiger partial charge >= 0.3 is 6.01 Å². The van der Waals surface area contributed by atoms with E-state index in [2.05, 4.69) is 22.1 Å². The van der Waals surface area contributed by atoms with Crippen molar-refractivity contribution in [3.05, 3.63) is 53.3 Å². The molecule has 0 spiro atoms. The second-order valence-electron chi connectivity index (χ2n) is 4.53. The topological polar surface area (TPSA) is 58.8 Å². The molecule has 0 saturated carbocycles. The van der Waals surface area contributed by atoms with E-state index in [1.165, 1.54) is 11.1 Å². The molecule has 19 heavy (non-hydrogen) atoms. The standard InChI is InChI=1S/C15H13N3O/c16-10-12-8-9-17-15(18-12)19-14-7-3-5-11-4-1-2-6-13(11)14/h1-2,4,6,8-9,14H,3,5,7H2. The summed E-state index contributed by atoms with van der Waals surface area (Å²) in [5.74, 6) is 0. The van der Waals surface area contributed by atoms with Crippen LogP contribution in [0.15, 0.2) is 36.5 Å². The molecule has 1 unspecified atom stereocenters. The number of nitriles is 1. The zero-order valence-electron chi connectivity index (χ0n) is 10.4. The first-order valence-corrected chi connectivity index (χ1v) is 6.34. The molecule has 0 fully saturated rings. The number of aromatic nitrogens is 2. The number of ether oxygens (including phenoxy) is 1. The van der Waals surface area contributed by atoms with E-state index in [4.69, 9.17) is 10.00 Å². The Morgan fingerprint density at radius 2 is 2.16 bits per heavy atom. The summed E-state index contributed by atoms with van der Waals surface area (Å²) in [6.45, 7) is 0. The van der Waals surface area contributed by atoms with Crippen LogP contribution >= 0.6 is 0 Å². The van der Waals surface area contributed by atoms with Crippen molar-refractivity contribution in [3.63, 3.8) is 0 Å². The fourth-order valence-electron chi connectivity index (χ4n) is 2.42. The van der Waals surface area contributed by atoms with Crippen LogP contribution in [0.5, 0.6) is 6.01 Å². The van der Waals surface area contributed by atoms with E-state index in [1.54, 1.807) is 12.3 Å². The lowest BCUT2D eigenvalue weighted by atomic mass is 9.89. The molecule has 4 heteroatoms. The van der Waals surface area contributed by atoms with E-state index in [0.717, 1.165) is 19.3 Å². The molecule has 0 saturated heterocycles. The predicted molar refractivity (Wildman–Crippen MR) is 69.5 cm³/mol. The first-order chi connectivity index (χ1) is 9.36. The highest BCUT2D eigenvalue weighted by Crippen LogP contribution is 2.32. The molecular formula is C15H13N3O. The maximum atomic E-state index is 8.83. The smallest absolute Gasteiger partial charge is 0.318 e. The lowest BCUT2D eigenvalue weighted by Crippen LogP contribution is -2.16. The van der Waals surface area contributed by atoms with Crippen LogP contribution in [-0.4, -0.2) is 9.97 Å². The molecule has 0 radical (unpaired) electrons. The summed E-state index contributed by atoms with van der Waals surface area (Å²) in [5.41, 5.74) is 2.86. The van der Waals surface area contributed by atoms with Crippen LogP contribution in [-0.2, 0) is 6.42 Å². The van der Waals surface area contributed by atoms with Crippen molar-refractivity contribution in [2.24, 2.45) is 0 Å². The normalized spacial score (nSPS) is 17.3. The number of aryl methyl sites for hydroxylation is 1. The SMILES string of the molecule is N#Cc1ccnc(OC2CCCc3ccccc32)n1. The van der Waals surface area contributed by atoms with Crippen LogP contribution in [0.4, 0.5) is 0 Å². The Bertz CT molecular complexity index is 633. The van der Waals surface area contributed by atoms with Gasteiger partial charge in [-0.1, -0.05) is 24.3 Å². The van der Waals surface area contributed by atoms with Gasteiger partial charge in [-0.3, -0.25) is 0 Å². The molecule has 1 aliphatic carbocycles. The minimum absolute atomic E-state index is 0.0149. The number of benzene rings is 1. The molecule has 0 N–H and O–H groups in total. The summed E-state index contributed by atoms with van der Waals surface area (Å²) in [6.07, 6.45) is 4.68. The summed E-state index contributed by atoms with van der Waals surface area (Å²) >= 11 is 0. The van der Waals surface area contributed by atoms with Crippen LogP contribution in [0.3, 0.4) is 0 Å². The number of rotatable bonds is 2. The molecule has 1 heterocycles. The van der Waals surface area contributed by atoms with E-state index >= 15 is 0 Å². The largest absolute Gasteiger partial charge is 0.455 e. The molecule has 0 aliphatic heterocycles. The summed E-state index contributed by atoms with van der Waals surface area (Å²) in [4.78, 5) is 8.13. The monoisotopic (exact) mass is 251 g/mol. The summed E-state index contributed by atoms with van der Waals surface area (Å²) in [7, 11) is 0. The van der Waals surface area contributed by atoms with E-state index < -0.39 is 0 Å². The van der Waals surface area contributed by atoms with Gasteiger partial charge in [-0.15, -0.1) is 0 Å². The Balaban J connectivity index is 1.86. The highest BCUT2D eigenvalue weighted by molar-refractivity contribution is 5.32. The van der Waals surface area contributed by atoms with E-state index in [0.29, 0.717) is 5.69 Å².